The monoisotopic (exact) mass is 329 g/mol. The van der Waals surface area contributed by atoms with Crippen molar-refractivity contribution < 1.29 is 4.79 Å². The standard InChI is InChI=1S/C18H20ClN3O/c19-17-16(7-4-10-20-17)18(23)21-15-8-11-22(12-9-15)13-14-5-2-1-3-6-14/h1-7,10,15H,8-9,11-13H2,(H,21,23). The number of hydrogen-bond donors (Lipinski definition) is 1. The molecule has 1 aliphatic rings. The highest BCUT2D eigenvalue weighted by atomic mass is 35.5. The molecule has 1 N–H and O–H groups in total. The number of rotatable bonds is 4. The Balaban J connectivity index is 1.49. The lowest BCUT2D eigenvalue weighted by Crippen LogP contribution is -2.44. The molecule has 0 radical (unpaired) electrons. The number of carbonyl (C=O) groups is 1. The van der Waals surface area contributed by atoms with Gasteiger partial charge in [0.1, 0.15) is 5.15 Å². The third-order valence-corrected chi connectivity index (χ3v) is 4.48. The maximum absolute atomic E-state index is 12.3. The number of carbonyl (C=O) groups excluding carboxylic acids is 1. The second-order valence-electron chi connectivity index (χ2n) is 5.85. The predicted molar refractivity (Wildman–Crippen MR) is 91.5 cm³/mol. The zero-order chi connectivity index (χ0) is 16.1. The minimum Gasteiger partial charge on any atom is -0.349 e. The topological polar surface area (TPSA) is 45.2 Å². The predicted octanol–water partition coefficient (Wildman–Crippen LogP) is 3.13. The lowest BCUT2D eigenvalue weighted by Gasteiger charge is -2.32. The molecule has 1 amide bonds. The fraction of sp³-hybridized carbons (Fsp3) is 0.333. The summed E-state index contributed by atoms with van der Waals surface area (Å²) in [6.07, 6.45) is 3.49. The van der Waals surface area contributed by atoms with Gasteiger partial charge in [-0.25, -0.2) is 4.98 Å². The zero-order valence-corrected chi connectivity index (χ0v) is 13.7. The zero-order valence-electron chi connectivity index (χ0n) is 12.9. The number of nitrogens with one attached hydrogen (secondary N) is 1. The van der Waals surface area contributed by atoms with Crippen LogP contribution < -0.4 is 5.32 Å². The van der Waals surface area contributed by atoms with E-state index in [0.717, 1.165) is 32.5 Å². The second kappa shape index (κ2) is 7.57. The first-order chi connectivity index (χ1) is 11.2. The summed E-state index contributed by atoms with van der Waals surface area (Å²) in [5, 5.41) is 3.33. The molecule has 0 unspecified atom stereocenters. The number of piperidine rings is 1. The Morgan fingerprint density at radius 1 is 1.17 bits per heavy atom. The van der Waals surface area contributed by atoms with Crippen molar-refractivity contribution in [2.45, 2.75) is 25.4 Å². The van der Waals surface area contributed by atoms with Crippen LogP contribution in [0.2, 0.25) is 5.15 Å². The van der Waals surface area contributed by atoms with E-state index in [1.807, 2.05) is 6.07 Å². The van der Waals surface area contributed by atoms with Crippen LogP contribution in [0.3, 0.4) is 0 Å². The van der Waals surface area contributed by atoms with Crippen LogP contribution in [0.4, 0.5) is 0 Å². The van der Waals surface area contributed by atoms with Crippen molar-refractivity contribution in [2.75, 3.05) is 13.1 Å². The van der Waals surface area contributed by atoms with Crippen LogP contribution in [0, 0.1) is 0 Å². The first kappa shape index (κ1) is 16.0. The molecule has 1 fully saturated rings. The van der Waals surface area contributed by atoms with Crippen LogP contribution >= 0.6 is 11.6 Å². The molecule has 0 atom stereocenters. The normalized spacial score (nSPS) is 16.2. The molecule has 4 nitrogen and oxygen atoms in total. The highest BCUT2D eigenvalue weighted by Gasteiger charge is 2.22. The number of nitrogens with zero attached hydrogens (tertiary/aromatic N) is 2. The summed E-state index contributed by atoms with van der Waals surface area (Å²) in [5.74, 6) is -0.135. The Kier molecular flexibility index (Phi) is 5.26. The molecule has 3 rings (SSSR count). The molecular formula is C18H20ClN3O. The van der Waals surface area contributed by atoms with Gasteiger partial charge < -0.3 is 5.32 Å². The van der Waals surface area contributed by atoms with Gasteiger partial charge in [0, 0.05) is 31.9 Å². The van der Waals surface area contributed by atoms with Crippen molar-refractivity contribution in [1.29, 1.82) is 0 Å². The van der Waals surface area contributed by atoms with E-state index >= 15 is 0 Å². The van der Waals surface area contributed by atoms with E-state index in [4.69, 9.17) is 11.6 Å². The van der Waals surface area contributed by atoms with E-state index in [0.29, 0.717) is 5.56 Å². The number of likely N-dealkylation sites (tertiary alicyclic amines) is 1. The van der Waals surface area contributed by atoms with E-state index in [9.17, 15) is 4.79 Å². The molecule has 120 valence electrons. The molecule has 1 saturated heterocycles. The summed E-state index contributed by atoms with van der Waals surface area (Å²) in [6.45, 7) is 2.94. The molecular weight excluding hydrogens is 310 g/mol. The molecule has 2 aromatic rings. The average molecular weight is 330 g/mol. The maximum Gasteiger partial charge on any atom is 0.254 e. The van der Waals surface area contributed by atoms with Crippen molar-refractivity contribution in [3.63, 3.8) is 0 Å². The summed E-state index contributed by atoms with van der Waals surface area (Å²) in [6, 6.07) is 14.1. The average Bonchev–Trinajstić information content (AvgIpc) is 2.58. The van der Waals surface area contributed by atoms with Crippen LogP contribution in [0.25, 0.3) is 0 Å². The number of benzene rings is 1. The van der Waals surface area contributed by atoms with Crippen molar-refractivity contribution in [3.8, 4) is 0 Å². The van der Waals surface area contributed by atoms with Crippen molar-refractivity contribution in [1.82, 2.24) is 15.2 Å². The molecule has 0 spiro atoms. The SMILES string of the molecule is O=C(NC1CCN(Cc2ccccc2)CC1)c1cccnc1Cl. The summed E-state index contributed by atoms with van der Waals surface area (Å²) in [4.78, 5) is 18.6. The largest absolute Gasteiger partial charge is 0.349 e. The van der Waals surface area contributed by atoms with Crippen LogP contribution in [-0.2, 0) is 6.54 Å². The molecule has 0 saturated carbocycles. The molecule has 2 heterocycles. The van der Waals surface area contributed by atoms with Crippen LogP contribution in [0.15, 0.2) is 48.7 Å². The Hall–Kier alpha value is -1.91. The van der Waals surface area contributed by atoms with Gasteiger partial charge in [-0.15, -0.1) is 0 Å². The minimum atomic E-state index is -0.135. The number of hydrogen-bond acceptors (Lipinski definition) is 3. The highest BCUT2D eigenvalue weighted by Crippen LogP contribution is 2.16. The van der Waals surface area contributed by atoms with Gasteiger partial charge in [0.2, 0.25) is 0 Å². The Morgan fingerprint density at radius 2 is 1.91 bits per heavy atom. The third kappa shape index (κ3) is 4.30. The first-order valence-electron chi connectivity index (χ1n) is 7.90. The van der Waals surface area contributed by atoms with E-state index in [2.05, 4.69) is 39.5 Å². The van der Waals surface area contributed by atoms with E-state index in [-0.39, 0.29) is 17.1 Å². The molecule has 0 aliphatic carbocycles. The first-order valence-corrected chi connectivity index (χ1v) is 8.28. The van der Waals surface area contributed by atoms with Gasteiger partial charge in [-0.1, -0.05) is 41.9 Å². The lowest BCUT2D eigenvalue weighted by atomic mass is 10.0. The van der Waals surface area contributed by atoms with Gasteiger partial charge >= 0.3 is 0 Å². The van der Waals surface area contributed by atoms with Gasteiger partial charge in [-0.3, -0.25) is 9.69 Å². The summed E-state index contributed by atoms with van der Waals surface area (Å²) in [5.41, 5.74) is 1.78. The molecule has 1 aromatic carbocycles. The Bertz CT molecular complexity index is 654. The molecule has 0 bridgehead atoms. The lowest BCUT2D eigenvalue weighted by molar-refractivity contribution is 0.0908. The van der Waals surface area contributed by atoms with Crippen LogP contribution in [0.5, 0.6) is 0 Å². The third-order valence-electron chi connectivity index (χ3n) is 4.18. The Morgan fingerprint density at radius 3 is 2.61 bits per heavy atom. The van der Waals surface area contributed by atoms with Crippen LogP contribution in [0.1, 0.15) is 28.8 Å². The highest BCUT2D eigenvalue weighted by molar-refractivity contribution is 6.32. The van der Waals surface area contributed by atoms with Crippen LogP contribution in [-0.4, -0.2) is 34.9 Å². The van der Waals surface area contributed by atoms with Gasteiger partial charge in [0.15, 0.2) is 0 Å². The van der Waals surface area contributed by atoms with E-state index < -0.39 is 0 Å². The number of amides is 1. The second-order valence-corrected chi connectivity index (χ2v) is 6.21. The number of halogens is 1. The fourth-order valence-corrected chi connectivity index (χ4v) is 3.10. The molecule has 1 aliphatic heterocycles. The van der Waals surface area contributed by atoms with Gasteiger partial charge in [-0.05, 0) is 30.5 Å². The smallest absolute Gasteiger partial charge is 0.254 e. The quantitative estimate of drug-likeness (QED) is 0.877. The summed E-state index contributed by atoms with van der Waals surface area (Å²) in [7, 11) is 0. The maximum atomic E-state index is 12.3. The molecule has 23 heavy (non-hydrogen) atoms. The van der Waals surface area contributed by atoms with Gasteiger partial charge in [0.05, 0.1) is 5.56 Å². The molecule has 5 heteroatoms. The van der Waals surface area contributed by atoms with Crippen molar-refractivity contribution >= 4 is 17.5 Å². The summed E-state index contributed by atoms with van der Waals surface area (Å²) < 4.78 is 0. The van der Waals surface area contributed by atoms with Crippen molar-refractivity contribution in [3.05, 3.63) is 64.9 Å². The van der Waals surface area contributed by atoms with Gasteiger partial charge in [0.25, 0.3) is 5.91 Å². The minimum absolute atomic E-state index is 0.135. The van der Waals surface area contributed by atoms with Crippen molar-refractivity contribution in [2.24, 2.45) is 0 Å². The molecule has 1 aromatic heterocycles. The summed E-state index contributed by atoms with van der Waals surface area (Å²) >= 11 is 5.97. The Labute approximate surface area is 141 Å². The number of aromatic nitrogens is 1. The van der Waals surface area contributed by atoms with Gasteiger partial charge in [-0.2, -0.15) is 0 Å². The van der Waals surface area contributed by atoms with E-state index in [1.54, 1.807) is 18.3 Å². The van der Waals surface area contributed by atoms with E-state index in [1.165, 1.54) is 5.56 Å². The fourth-order valence-electron chi connectivity index (χ4n) is 2.90. The number of pyridine rings is 1.